The summed E-state index contributed by atoms with van der Waals surface area (Å²) < 4.78 is 145. The van der Waals surface area contributed by atoms with Crippen molar-refractivity contribution in [2.24, 2.45) is 0 Å². The van der Waals surface area contributed by atoms with Gasteiger partial charge in [0.25, 0.3) is 0 Å². The van der Waals surface area contributed by atoms with Crippen LogP contribution in [0.1, 0.15) is 36.5 Å². The first-order valence-corrected chi connectivity index (χ1v) is 13.4. The molecule has 0 aromatic heterocycles. The van der Waals surface area contributed by atoms with Crippen molar-refractivity contribution in [2.75, 3.05) is 0 Å². The fourth-order valence-electron chi connectivity index (χ4n) is 4.07. The monoisotopic (exact) mass is 616 g/mol. The Morgan fingerprint density at radius 3 is 1.48 bits per heavy atom. The topological polar surface area (TPSA) is 43.4 Å². The molecule has 3 rings (SSSR count). The van der Waals surface area contributed by atoms with E-state index in [2.05, 4.69) is 3.63 Å². The largest absolute Gasteiger partial charge is 0.460 e. The first-order valence-electron chi connectivity index (χ1n) is 11.3. The van der Waals surface area contributed by atoms with Crippen LogP contribution in [0.4, 0.5) is 39.5 Å². The molecule has 3 nitrogen and oxygen atoms in total. The SMILES string of the molecule is CC(C)(c1ccc(SOS(=O)(=O)C(F)(F)C(F)(F)C(F)(F)C(F)(F)F)cc1)C(c1ccccc1)c1ccccc1. The molecule has 0 radical (unpaired) electrons. The van der Waals surface area contributed by atoms with Crippen molar-refractivity contribution in [1.29, 1.82) is 0 Å². The zero-order valence-corrected chi connectivity index (χ0v) is 22.2. The Morgan fingerprint density at radius 2 is 1.07 bits per heavy atom. The molecule has 14 heteroatoms. The van der Waals surface area contributed by atoms with Crippen LogP contribution in [-0.4, -0.2) is 31.7 Å². The predicted octanol–water partition coefficient (Wildman–Crippen LogP) is 8.58. The van der Waals surface area contributed by atoms with E-state index in [-0.39, 0.29) is 10.8 Å². The summed E-state index contributed by atoms with van der Waals surface area (Å²) in [5.74, 6) is -14.9. The minimum Gasteiger partial charge on any atom is -0.192 e. The maximum Gasteiger partial charge on any atom is 0.460 e. The van der Waals surface area contributed by atoms with Crippen LogP contribution >= 0.6 is 12.0 Å². The summed E-state index contributed by atoms with van der Waals surface area (Å²) in [5.41, 5.74) is 1.98. The van der Waals surface area contributed by atoms with Gasteiger partial charge in [0.2, 0.25) is 0 Å². The van der Waals surface area contributed by atoms with E-state index in [4.69, 9.17) is 0 Å². The van der Waals surface area contributed by atoms with Crippen molar-refractivity contribution >= 4 is 22.2 Å². The van der Waals surface area contributed by atoms with E-state index in [9.17, 15) is 47.9 Å². The van der Waals surface area contributed by atoms with Gasteiger partial charge in [-0.1, -0.05) is 86.6 Å². The van der Waals surface area contributed by atoms with Crippen LogP contribution in [0, 0.1) is 0 Å². The van der Waals surface area contributed by atoms with Crippen molar-refractivity contribution in [3.05, 3.63) is 102 Å². The molecule has 0 aliphatic rings. The molecule has 0 spiro atoms. The molecule has 0 atom stereocenters. The lowest BCUT2D eigenvalue weighted by molar-refractivity contribution is -0.382. The lowest BCUT2D eigenvalue weighted by Gasteiger charge is -2.36. The molecule has 0 amide bonds. The van der Waals surface area contributed by atoms with Crippen LogP contribution in [0.3, 0.4) is 0 Å². The fraction of sp³-hybridized carbons (Fsp3) is 0.308. The highest BCUT2D eigenvalue weighted by atomic mass is 32.3. The molecule has 0 unspecified atom stereocenters. The summed E-state index contributed by atoms with van der Waals surface area (Å²) in [6, 6.07) is 24.3. The number of halogens is 9. The Balaban J connectivity index is 1.86. The van der Waals surface area contributed by atoms with Gasteiger partial charge in [0.1, 0.15) is 0 Å². The summed E-state index contributed by atoms with van der Waals surface area (Å²) in [7, 11) is -6.98. The van der Waals surface area contributed by atoms with Gasteiger partial charge in [0.05, 0.1) is 0 Å². The van der Waals surface area contributed by atoms with E-state index >= 15 is 0 Å². The van der Waals surface area contributed by atoms with E-state index in [0.29, 0.717) is 5.56 Å². The van der Waals surface area contributed by atoms with Crippen LogP contribution in [-0.2, 0) is 19.2 Å². The standard InChI is InChI=1S/C26H21F9O3S2/c1-22(2,21(17-9-5-3-6-10-17)18-11-7-4-8-12-18)19-13-15-20(16-14-19)39-38-40(36,37)26(34,35)24(29,30)23(27,28)25(31,32)33/h3-16,21H,1-2H3. The highest BCUT2D eigenvalue weighted by molar-refractivity contribution is 8.04. The van der Waals surface area contributed by atoms with Gasteiger partial charge in [-0.15, -0.1) is 0 Å². The number of rotatable bonds is 10. The van der Waals surface area contributed by atoms with Crippen LogP contribution in [0.25, 0.3) is 0 Å². The summed E-state index contributed by atoms with van der Waals surface area (Å²) in [6.45, 7) is 3.84. The van der Waals surface area contributed by atoms with Gasteiger partial charge in [-0.05, 0) is 28.8 Å². The zero-order chi connectivity index (χ0) is 30.2. The number of hydrogen-bond donors (Lipinski definition) is 0. The highest BCUT2D eigenvalue weighted by Crippen LogP contribution is 2.55. The molecule has 0 bridgehead atoms. The average Bonchev–Trinajstić information content (AvgIpc) is 2.88. The van der Waals surface area contributed by atoms with Gasteiger partial charge < -0.3 is 0 Å². The number of alkyl halides is 9. The number of hydrogen-bond acceptors (Lipinski definition) is 4. The fourth-order valence-corrected chi connectivity index (χ4v) is 5.77. The average molecular weight is 617 g/mol. The molecule has 3 aromatic carbocycles. The Bertz CT molecular complexity index is 1350. The summed E-state index contributed by atoms with van der Waals surface area (Å²) in [6.07, 6.45) is -7.16. The molecule has 0 saturated heterocycles. The molecular weight excluding hydrogens is 595 g/mol. The Morgan fingerprint density at radius 1 is 0.650 bits per heavy atom. The van der Waals surface area contributed by atoms with E-state index < -0.39 is 50.9 Å². The second-order valence-electron chi connectivity index (χ2n) is 9.27. The molecular formula is C26H21F9O3S2. The smallest absolute Gasteiger partial charge is 0.192 e. The molecule has 0 aliphatic heterocycles. The minimum atomic E-state index is -7.37. The first-order chi connectivity index (χ1) is 18.3. The van der Waals surface area contributed by atoms with Crippen LogP contribution in [0.15, 0.2) is 89.8 Å². The molecule has 0 fully saturated rings. The van der Waals surface area contributed by atoms with E-state index in [1.165, 1.54) is 24.3 Å². The molecule has 40 heavy (non-hydrogen) atoms. The van der Waals surface area contributed by atoms with Gasteiger partial charge in [0.15, 0.2) is 0 Å². The van der Waals surface area contributed by atoms with Crippen molar-refractivity contribution in [1.82, 2.24) is 0 Å². The van der Waals surface area contributed by atoms with Crippen molar-refractivity contribution in [3.8, 4) is 0 Å². The van der Waals surface area contributed by atoms with Gasteiger partial charge in [-0.25, -0.2) is 0 Å². The molecule has 3 aromatic rings. The van der Waals surface area contributed by atoms with E-state index in [1.807, 2.05) is 74.5 Å². The maximum atomic E-state index is 13.9. The minimum absolute atomic E-state index is 0.193. The maximum absolute atomic E-state index is 13.9. The van der Waals surface area contributed by atoms with Gasteiger partial charge >= 0.3 is 33.4 Å². The second-order valence-corrected chi connectivity index (χ2v) is 11.9. The molecule has 0 N–H and O–H groups in total. The van der Waals surface area contributed by atoms with Gasteiger partial charge in [-0.3, -0.25) is 0 Å². The van der Waals surface area contributed by atoms with Gasteiger partial charge in [0, 0.05) is 28.3 Å². The number of benzene rings is 3. The summed E-state index contributed by atoms with van der Waals surface area (Å²) in [4.78, 5) is -0.235. The van der Waals surface area contributed by atoms with E-state index in [1.54, 1.807) is 0 Å². The molecule has 218 valence electrons. The Hall–Kier alpha value is -2.71. The summed E-state index contributed by atoms with van der Waals surface area (Å²) >= 11 is -0.418. The summed E-state index contributed by atoms with van der Waals surface area (Å²) in [5, 5.41) is -6.92. The quantitative estimate of drug-likeness (QED) is 0.169. The molecule has 0 heterocycles. The lowest BCUT2D eigenvalue weighted by Crippen LogP contribution is -2.63. The predicted molar refractivity (Wildman–Crippen MR) is 131 cm³/mol. The van der Waals surface area contributed by atoms with E-state index in [0.717, 1.165) is 11.1 Å². The van der Waals surface area contributed by atoms with Crippen LogP contribution < -0.4 is 0 Å². The molecule has 0 saturated carbocycles. The Labute approximate surface area is 228 Å². The lowest BCUT2D eigenvalue weighted by atomic mass is 9.67. The second kappa shape index (κ2) is 10.9. The Kier molecular flexibility index (Phi) is 8.70. The molecule has 0 aliphatic carbocycles. The van der Waals surface area contributed by atoms with Crippen molar-refractivity contribution in [3.63, 3.8) is 0 Å². The third kappa shape index (κ3) is 5.70. The third-order valence-electron chi connectivity index (χ3n) is 6.24. The van der Waals surface area contributed by atoms with Crippen LogP contribution in [0.2, 0.25) is 0 Å². The third-order valence-corrected chi connectivity index (χ3v) is 8.57. The highest BCUT2D eigenvalue weighted by Gasteiger charge is 2.86. The van der Waals surface area contributed by atoms with Crippen LogP contribution in [0.5, 0.6) is 0 Å². The van der Waals surface area contributed by atoms with Crippen molar-refractivity contribution < 1.29 is 51.6 Å². The first kappa shape index (κ1) is 31.8. The normalized spacial score (nSPS) is 14.0. The van der Waals surface area contributed by atoms with Crippen molar-refractivity contribution in [2.45, 2.75) is 53.4 Å². The van der Waals surface area contributed by atoms with Gasteiger partial charge in [-0.2, -0.15) is 51.6 Å². The zero-order valence-electron chi connectivity index (χ0n) is 20.6.